The van der Waals surface area contributed by atoms with Gasteiger partial charge in [-0.05, 0) is 23.7 Å². The minimum absolute atomic E-state index is 0.0188. The molecule has 0 aliphatic rings. The standard InChI is InChI=1S/C9H7N3O4/c1-16-9(15)6-3-2-5(8(13)14)4-7(6)11-12-10/h2-4H,1H3,(H,13,14). The first kappa shape index (κ1) is 11.5. The number of carbonyl (C=O) groups excluding carboxylic acids is 1. The molecule has 7 heteroatoms. The van der Waals surface area contributed by atoms with E-state index in [1.54, 1.807) is 0 Å². The van der Waals surface area contributed by atoms with Gasteiger partial charge in [-0.3, -0.25) is 0 Å². The Bertz CT molecular complexity index is 492. The summed E-state index contributed by atoms with van der Waals surface area (Å²) in [5.74, 6) is -1.87. The molecule has 0 saturated heterocycles. The third-order valence-electron chi connectivity index (χ3n) is 1.80. The summed E-state index contributed by atoms with van der Waals surface area (Å²) in [6, 6.07) is 3.57. The fourth-order valence-electron chi connectivity index (χ4n) is 1.08. The van der Waals surface area contributed by atoms with Crippen LogP contribution < -0.4 is 0 Å². The summed E-state index contributed by atoms with van der Waals surface area (Å²) in [7, 11) is 1.17. The molecule has 0 aliphatic carbocycles. The Balaban J connectivity index is 3.35. The molecule has 0 saturated carbocycles. The number of ether oxygens (including phenoxy) is 1. The van der Waals surface area contributed by atoms with Crippen molar-refractivity contribution in [1.29, 1.82) is 0 Å². The van der Waals surface area contributed by atoms with Crippen molar-refractivity contribution < 1.29 is 19.4 Å². The number of esters is 1. The zero-order valence-electron chi connectivity index (χ0n) is 8.25. The highest BCUT2D eigenvalue weighted by Gasteiger charge is 2.13. The van der Waals surface area contributed by atoms with Gasteiger partial charge in [-0.15, -0.1) is 0 Å². The van der Waals surface area contributed by atoms with Gasteiger partial charge in [-0.25, -0.2) is 9.59 Å². The Morgan fingerprint density at radius 3 is 2.69 bits per heavy atom. The van der Waals surface area contributed by atoms with Crippen molar-refractivity contribution in [2.75, 3.05) is 7.11 Å². The molecule has 0 aliphatic heterocycles. The van der Waals surface area contributed by atoms with Crippen LogP contribution in [0.5, 0.6) is 0 Å². The van der Waals surface area contributed by atoms with Gasteiger partial charge in [0.15, 0.2) is 0 Å². The summed E-state index contributed by atoms with van der Waals surface area (Å²) in [6.07, 6.45) is 0. The number of hydrogen-bond acceptors (Lipinski definition) is 4. The molecule has 7 nitrogen and oxygen atoms in total. The molecular formula is C9H7N3O4. The summed E-state index contributed by atoms with van der Waals surface area (Å²) in [6.45, 7) is 0. The summed E-state index contributed by atoms with van der Waals surface area (Å²) in [5, 5.41) is 11.9. The van der Waals surface area contributed by atoms with Gasteiger partial charge in [-0.2, -0.15) is 0 Å². The molecular weight excluding hydrogens is 214 g/mol. The molecule has 0 amide bonds. The Morgan fingerprint density at radius 2 is 2.19 bits per heavy atom. The van der Waals surface area contributed by atoms with Crippen molar-refractivity contribution in [3.05, 3.63) is 39.8 Å². The van der Waals surface area contributed by atoms with Crippen molar-refractivity contribution in [3.63, 3.8) is 0 Å². The van der Waals surface area contributed by atoms with Crippen LogP contribution in [0.15, 0.2) is 23.3 Å². The first-order valence-electron chi connectivity index (χ1n) is 4.11. The van der Waals surface area contributed by atoms with Crippen LogP contribution >= 0.6 is 0 Å². The van der Waals surface area contributed by atoms with Crippen LogP contribution in [-0.2, 0) is 4.74 Å². The van der Waals surface area contributed by atoms with Gasteiger partial charge >= 0.3 is 11.9 Å². The SMILES string of the molecule is COC(=O)c1ccc(C(=O)O)cc1N=[N+]=[N-]. The normalized spacial score (nSPS) is 9.06. The molecule has 82 valence electrons. The van der Waals surface area contributed by atoms with Crippen LogP contribution in [0.1, 0.15) is 20.7 Å². The van der Waals surface area contributed by atoms with Crippen LogP contribution in [-0.4, -0.2) is 24.2 Å². The molecule has 0 bridgehead atoms. The minimum Gasteiger partial charge on any atom is -0.478 e. The van der Waals surface area contributed by atoms with E-state index in [4.69, 9.17) is 10.6 Å². The van der Waals surface area contributed by atoms with E-state index in [-0.39, 0.29) is 16.8 Å². The number of hydrogen-bond donors (Lipinski definition) is 1. The maximum atomic E-state index is 11.2. The van der Waals surface area contributed by atoms with E-state index in [2.05, 4.69) is 14.8 Å². The number of azide groups is 1. The smallest absolute Gasteiger partial charge is 0.338 e. The predicted octanol–water partition coefficient (Wildman–Crippen LogP) is 2.11. The van der Waals surface area contributed by atoms with E-state index < -0.39 is 11.9 Å². The van der Waals surface area contributed by atoms with Crippen molar-refractivity contribution in [2.24, 2.45) is 5.11 Å². The number of carbonyl (C=O) groups is 2. The molecule has 1 aromatic rings. The maximum absolute atomic E-state index is 11.2. The van der Waals surface area contributed by atoms with Crippen molar-refractivity contribution in [2.45, 2.75) is 0 Å². The zero-order valence-corrected chi connectivity index (χ0v) is 8.25. The fraction of sp³-hybridized carbons (Fsp3) is 0.111. The molecule has 1 N–H and O–H groups in total. The number of nitrogens with zero attached hydrogens (tertiary/aromatic N) is 3. The number of methoxy groups -OCH3 is 1. The van der Waals surface area contributed by atoms with Gasteiger partial charge in [0, 0.05) is 4.91 Å². The van der Waals surface area contributed by atoms with Crippen LogP contribution in [0.25, 0.3) is 10.4 Å². The van der Waals surface area contributed by atoms with Crippen molar-refractivity contribution in [1.82, 2.24) is 0 Å². The number of aromatic carboxylic acids is 1. The third-order valence-corrected chi connectivity index (χ3v) is 1.80. The van der Waals surface area contributed by atoms with Gasteiger partial charge in [0.2, 0.25) is 0 Å². The first-order chi connectivity index (χ1) is 7.60. The van der Waals surface area contributed by atoms with Crippen LogP contribution in [0.2, 0.25) is 0 Å². The largest absolute Gasteiger partial charge is 0.478 e. The maximum Gasteiger partial charge on any atom is 0.338 e. The lowest BCUT2D eigenvalue weighted by Gasteiger charge is -2.03. The molecule has 0 aromatic heterocycles. The molecule has 0 fully saturated rings. The fourth-order valence-corrected chi connectivity index (χ4v) is 1.08. The average molecular weight is 221 g/mol. The molecule has 16 heavy (non-hydrogen) atoms. The van der Waals surface area contributed by atoms with Crippen molar-refractivity contribution >= 4 is 17.6 Å². The number of rotatable bonds is 3. The van der Waals surface area contributed by atoms with E-state index >= 15 is 0 Å². The first-order valence-corrected chi connectivity index (χ1v) is 4.11. The lowest BCUT2D eigenvalue weighted by molar-refractivity contribution is 0.0599. The average Bonchev–Trinajstić information content (AvgIpc) is 2.28. The molecule has 0 atom stereocenters. The van der Waals surface area contributed by atoms with Crippen molar-refractivity contribution in [3.8, 4) is 0 Å². The Kier molecular flexibility index (Phi) is 3.47. The molecule has 0 radical (unpaired) electrons. The predicted molar refractivity (Wildman–Crippen MR) is 53.5 cm³/mol. The summed E-state index contributed by atoms with van der Waals surface area (Å²) >= 11 is 0. The second-order valence-corrected chi connectivity index (χ2v) is 2.72. The van der Waals surface area contributed by atoms with Gasteiger partial charge < -0.3 is 9.84 Å². The Labute approximate surface area is 89.9 Å². The monoisotopic (exact) mass is 221 g/mol. The summed E-state index contributed by atoms with van der Waals surface area (Å²) < 4.78 is 4.45. The Morgan fingerprint density at radius 1 is 1.50 bits per heavy atom. The van der Waals surface area contributed by atoms with E-state index in [9.17, 15) is 9.59 Å². The number of benzene rings is 1. The lowest BCUT2D eigenvalue weighted by atomic mass is 10.1. The summed E-state index contributed by atoms with van der Waals surface area (Å²) in [4.78, 5) is 24.4. The van der Waals surface area contributed by atoms with E-state index in [1.165, 1.54) is 19.2 Å². The van der Waals surface area contributed by atoms with Crippen LogP contribution in [0.4, 0.5) is 5.69 Å². The second-order valence-electron chi connectivity index (χ2n) is 2.72. The van der Waals surface area contributed by atoms with Gasteiger partial charge in [0.25, 0.3) is 0 Å². The lowest BCUT2D eigenvalue weighted by Crippen LogP contribution is -2.03. The van der Waals surface area contributed by atoms with Gasteiger partial charge in [-0.1, -0.05) is 5.11 Å². The van der Waals surface area contributed by atoms with Crippen LogP contribution in [0.3, 0.4) is 0 Å². The second kappa shape index (κ2) is 4.81. The minimum atomic E-state index is -1.18. The van der Waals surface area contributed by atoms with Gasteiger partial charge in [0.05, 0.1) is 23.9 Å². The topological polar surface area (TPSA) is 112 Å². The molecule has 1 rings (SSSR count). The molecule has 0 unspecified atom stereocenters. The highest BCUT2D eigenvalue weighted by atomic mass is 16.5. The van der Waals surface area contributed by atoms with Crippen LogP contribution in [0, 0.1) is 0 Å². The number of carboxylic acids is 1. The summed E-state index contributed by atoms with van der Waals surface area (Å²) in [5.41, 5.74) is 8.16. The highest BCUT2D eigenvalue weighted by Crippen LogP contribution is 2.22. The van der Waals surface area contributed by atoms with E-state index in [0.29, 0.717) is 0 Å². The zero-order chi connectivity index (χ0) is 12.1. The van der Waals surface area contributed by atoms with E-state index in [1.807, 2.05) is 0 Å². The quantitative estimate of drug-likeness (QED) is 0.364. The number of carboxylic acid groups (broad SMARTS) is 1. The van der Waals surface area contributed by atoms with Gasteiger partial charge in [0.1, 0.15) is 0 Å². The molecule has 0 spiro atoms. The Hall–Kier alpha value is -2.53. The third kappa shape index (κ3) is 2.28. The van der Waals surface area contributed by atoms with E-state index in [0.717, 1.165) is 6.07 Å². The molecule has 0 heterocycles. The molecule has 1 aromatic carbocycles. The highest BCUT2D eigenvalue weighted by molar-refractivity contribution is 5.97.